The fraction of sp³-hybridized carbons (Fsp3) is 0.333. The number of hydrogen-bond acceptors (Lipinski definition) is 2. The fourth-order valence-electron chi connectivity index (χ4n) is 10.5. The first kappa shape index (κ1) is 56.2. The summed E-state index contributed by atoms with van der Waals surface area (Å²) in [5, 5.41) is 2.22. The van der Waals surface area contributed by atoms with Gasteiger partial charge in [-0.3, -0.25) is 4.57 Å². The Morgan fingerprint density at radius 3 is 1.63 bits per heavy atom. The van der Waals surface area contributed by atoms with Gasteiger partial charge >= 0.3 is 0 Å². The molecule has 3 heterocycles. The van der Waals surface area contributed by atoms with Gasteiger partial charge in [-0.05, 0) is 123 Å². The van der Waals surface area contributed by atoms with Crippen LogP contribution in [0.5, 0.6) is 11.5 Å². The van der Waals surface area contributed by atoms with Crippen molar-refractivity contribution >= 4 is 32.8 Å². The monoisotopic (exact) mass is 1210 g/mol. The molecule has 0 bridgehead atoms. The summed E-state index contributed by atoms with van der Waals surface area (Å²) in [4.78, 5) is 4.91. The number of nitrogens with zero attached hydrogens (tertiary/aromatic N) is 4. The van der Waals surface area contributed by atoms with Crippen LogP contribution < -0.4 is 9.30 Å². The average Bonchev–Trinajstić information content (AvgIpc) is 4.03. The van der Waals surface area contributed by atoms with Crippen molar-refractivity contribution in [2.45, 2.75) is 157 Å². The van der Waals surface area contributed by atoms with Crippen LogP contribution in [0.25, 0.3) is 72.3 Å². The largest absolute Gasteiger partial charge is 0.510 e. The summed E-state index contributed by atoms with van der Waals surface area (Å²) in [7, 11) is 0. The number of ether oxygens (including phenoxy) is 1. The van der Waals surface area contributed by atoms with Crippen molar-refractivity contribution in [2.24, 2.45) is 0 Å². The molecule has 0 saturated carbocycles. The molecule has 0 amide bonds. The van der Waals surface area contributed by atoms with Gasteiger partial charge in [-0.25, -0.2) is 4.98 Å². The maximum absolute atomic E-state index is 6.84. The second-order valence-electron chi connectivity index (χ2n) is 27.6. The van der Waals surface area contributed by atoms with Crippen molar-refractivity contribution in [3.8, 4) is 50.9 Å². The predicted molar refractivity (Wildman–Crippen MR) is 323 cm³/mol. The molecular formula is C72H78N4OPt-2. The Morgan fingerprint density at radius 1 is 0.449 bits per heavy atom. The summed E-state index contributed by atoms with van der Waals surface area (Å²) < 4.78 is 13.5. The average molecular weight is 1210 g/mol. The van der Waals surface area contributed by atoms with Crippen molar-refractivity contribution in [3.63, 3.8) is 0 Å². The van der Waals surface area contributed by atoms with E-state index in [9.17, 15) is 0 Å². The topological polar surface area (TPSA) is 35.9 Å². The third-order valence-corrected chi connectivity index (χ3v) is 15.3. The van der Waals surface area contributed by atoms with E-state index in [1.807, 2.05) is 18.3 Å². The van der Waals surface area contributed by atoms with Crippen LogP contribution in [0.1, 0.15) is 158 Å². The van der Waals surface area contributed by atoms with E-state index in [-0.39, 0.29) is 53.6 Å². The molecule has 10 aromatic rings. The van der Waals surface area contributed by atoms with Gasteiger partial charge < -0.3 is 13.9 Å². The number of aromatic nitrogens is 4. The van der Waals surface area contributed by atoms with E-state index in [0.717, 1.165) is 61.2 Å². The zero-order valence-electron chi connectivity index (χ0n) is 49.4. The van der Waals surface area contributed by atoms with E-state index in [2.05, 4.69) is 284 Å². The molecule has 0 radical (unpaired) electrons. The molecule has 3 aromatic heterocycles. The molecular weight excluding hydrogens is 1130 g/mol. The summed E-state index contributed by atoms with van der Waals surface area (Å²) in [5.41, 5.74) is 17.9. The van der Waals surface area contributed by atoms with E-state index >= 15 is 0 Å². The fourth-order valence-corrected chi connectivity index (χ4v) is 10.5. The minimum absolute atomic E-state index is 0. The second-order valence-corrected chi connectivity index (χ2v) is 27.6. The van der Waals surface area contributed by atoms with Crippen LogP contribution in [0.2, 0.25) is 0 Å². The number of fused-ring (bicyclic) bond motifs is 4. The summed E-state index contributed by atoms with van der Waals surface area (Å²) >= 11 is 0. The Labute approximate surface area is 480 Å². The van der Waals surface area contributed by atoms with Gasteiger partial charge in [-0.1, -0.05) is 215 Å². The molecule has 0 N–H and O–H groups in total. The third kappa shape index (κ3) is 10.9. The van der Waals surface area contributed by atoms with Crippen LogP contribution in [0.15, 0.2) is 146 Å². The Bertz CT molecular complexity index is 3830. The summed E-state index contributed by atoms with van der Waals surface area (Å²) in [6, 6.07) is 58.7. The minimum Gasteiger partial charge on any atom is -0.510 e. The Kier molecular flexibility index (Phi) is 14.4. The van der Waals surface area contributed by atoms with Gasteiger partial charge in [-0.15, -0.1) is 29.7 Å². The molecule has 6 heteroatoms. The first-order chi connectivity index (χ1) is 35.9. The summed E-state index contributed by atoms with van der Waals surface area (Å²) in [5.74, 6) is 2.01. The Morgan fingerprint density at radius 2 is 1.03 bits per heavy atom. The number of rotatable bonds is 7. The van der Waals surface area contributed by atoms with E-state index in [0.29, 0.717) is 11.5 Å². The first-order valence-corrected chi connectivity index (χ1v) is 27.5. The van der Waals surface area contributed by atoms with Crippen LogP contribution >= 0.6 is 0 Å². The van der Waals surface area contributed by atoms with Crippen LogP contribution in [0.4, 0.5) is 0 Å². The predicted octanol–water partition coefficient (Wildman–Crippen LogP) is 18.7. The van der Waals surface area contributed by atoms with Crippen molar-refractivity contribution in [3.05, 3.63) is 198 Å². The number of imidazole rings is 1. The van der Waals surface area contributed by atoms with Gasteiger partial charge in [-0.2, -0.15) is 18.2 Å². The van der Waals surface area contributed by atoms with Crippen LogP contribution in [-0.4, -0.2) is 14.1 Å². The third-order valence-electron chi connectivity index (χ3n) is 15.3. The minimum atomic E-state index is -0.208. The van der Waals surface area contributed by atoms with Crippen molar-refractivity contribution in [2.75, 3.05) is 0 Å². The molecule has 0 aliphatic heterocycles. The van der Waals surface area contributed by atoms with Crippen molar-refractivity contribution in [1.29, 1.82) is 0 Å². The van der Waals surface area contributed by atoms with Crippen LogP contribution in [0, 0.1) is 18.5 Å². The smallest absolute Gasteiger partial charge is 0.268 e. The molecule has 5 nitrogen and oxygen atoms in total. The number of para-hydroxylation sites is 2. The van der Waals surface area contributed by atoms with E-state index in [1.165, 1.54) is 44.5 Å². The molecule has 0 saturated heterocycles. The molecule has 0 fully saturated rings. The van der Waals surface area contributed by atoms with Gasteiger partial charge in [0.1, 0.15) is 5.82 Å². The molecule has 404 valence electrons. The Balaban J connectivity index is 0.00000740. The normalized spacial score (nSPS) is 12.9. The molecule has 0 atom stereocenters. The maximum Gasteiger partial charge on any atom is 0.268 e. The number of hydrogen-bond donors (Lipinski definition) is 0. The summed E-state index contributed by atoms with van der Waals surface area (Å²) in [6.07, 6.45) is 5.89. The molecule has 7 aromatic carbocycles. The van der Waals surface area contributed by atoms with Gasteiger partial charge in [0.15, 0.2) is 0 Å². The van der Waals surface area contributed by atoms with E-state index < -0.39 is 0 Å². The standard InChI is InChI=1S/C72H78N4O.Pt/c1-67(2,3)49-33-34-73-65(42-49)76-61-28-20-19-25-58(61)59-31-30-56(44-63(59)76)77-55-24-21-23-54(43-55)74-45-75(62-32-29-46(39-64(62)74)47-35-50(68(4,5)6)40-51(36-47)69(7,8)9)66-57(26-22-27-60(66)72(16,17)18)48-37-52(70(10,11)12)41-53(38-48)71(13,14)15;/h19-42H,1-18H3;/q-2;. The molecule has 0 unspecified atom stereocenters. The SMILES string of the molecule is CC(C)(C)c1cc(-c2ccc3c(c2)n(-c2[c-]c(Oc4[c-]c5c(cc4)c4ccccc4n5-c4cc(C(C)(C)C)ccn4)ccc2)[c-][n+]3-c2c(-c3cc(C(C)(C)C)cc(C(C)(C)C)c3)cccc2C(C)(C)C)cc(C(C)(C)C)c1.[Pt]. The quantitative estimate of drug-likeness (QED) is 0.118. The zero-order chi connectivity index (χ0) is 55.4. The van der Waals surface area contributed by atoms with Crippen LogP contribution in [0.3, 0.4) is 0 Å². The molecule has 10 rings (SSSR count). The molecule has 0 spiro atoms. The van der Waals surface area contributed by atoms with Gasteiger partial charge in [0.2, 0.25) is 0 Å². The second kappa shape index (κ2) is 20.0. The van der Waals surface area contributed by atoms with E-state index in [4.69, 9.17) is 9.72 Å². The maximum atomic E-state index is 6.84. The van der Waals surface area contributed by atoms with Gasteiger partial charge in [0.05, 0.1) is 16.7 Å². The van der Waals surface area contributed by atoms with E-state index in [1.54, 1.807) is 0 Å². The van der Waals surface area contributed by atoms with Gasteiger partial charge in [0.25, 0.3) is 6.33 Å². The molecule has 0 aliphatic carbocycles. The van der Waals surface area contributed by atoms with Crippen LogP contribution in [-0.2, 0) is 53.6 Å². The molecule has 0 aliphatic rings. The van der Waals surface area contributed by atoms with Crippen molar-refractivity contribution < 1.29 is 30.4 Å². The number of pyridine rings is 1. The zero-order valence-corrected chi connectivity index (χ0v) is 51.6. The Hall–Kier alpha value is -6.55. The van der Waals surface area contributed by atoms with Gasteiger partial charge in [0, 0.05) is 44.3 Å². The summed E-state index contributed by atoms with van der Waals surface area (Å²) in [6.45, 7) is 41.4. The van der Waals surface area contributed by atoms with Crippen molar-refractivity contribution in [1.82, 2.24) is 14.1 Å². The molecule has 78 heavy (non-hydrogen) atoms. The number of benzene rings is 7. The first-order valence-electron chi connectivity index (χ1n) is 27.5.